The van der Waals surface area contributed by atoms with E-state index < -0.39 is 0 Å². The third-order valence-electron chi connectivity index (χ3n) is 1.85. The van der Waals surface area contributed by atoms with Crippen molar-refractivity contribution >= 4 is 22.0 Å². The number of aromatic nitrogens is 2. The SMILES string of the molecule is C/C=C/c1nc(-c2ccc(Br)cc2)no1. The molecule has 76 valence electrons. The molecule has 3 nitrogen and oxygen atoms in total. The first-order valence-electron chi connectivity index (χ1n) is 4.52. The van der Waals surface area contributed by atoms with Gasteiger partial charge in [0.2, 0.25) is 5.82 Å². The van der Waals surface area contributed by atoms with E-state index in [0.717, 1.165) is 10.0 Å². The summed E-state index contributed by atoms with van der Waals surface area (Å²) in [7, 11) is 0. The van der Waals surface area contributed by atoms with Gasteiger partial charge < -0.3 is 4.52 Å². The van der Waals surface area contributed by atoms with E-state index >= 15 is 0 Å². The molecule has 2 aromatic rings. The molecule has 0 N–H and O–H groups in total. The molecule has 0 aliphatic rings. The van der Waals surface area contributed by atoms with E-state index in [9.17, 15) is 0 Å². The largest absolute Gasteiger partial charge is 0.334 e. The highest BCUT2D eigenvalue weighted by molar-refractivity contribution is 9.10. The highest BCUT2D eigenvalue weighted by Gasteiger charge is 2.05. The number of nitrogens with zero attached hydrogens (tertiary/aromatic N) is 2. The van der Waals surface area contributed by atoms with Crippen LogP contribution in [0.3, 0.4) is 0 Å². The molecule has 4 heteroatoms. The summed E-state index contributed by atoms with van der Waals surface area (Å²) in [5.41, 5.74) is 0.942. The van der Waals surface area contributed by atoms with Crippen molar-refractivity contribution in [2.45, 2.75) is 6.92 Å². The predicted molar refractivity (Wildman–Crippen MR) is 62.1 cm³/mol. The van der Waals surface area contributed by atoms with Gasteiger partial charge in [-0.15, -0.1) is 0 Å². The molecule has 0 bridgehead atoms. The third-order valence-corrected chi connectivity index (χ3v) is 2.38. The van der Waals surface area contributed by atoms with Crippen LogP contribution < -0.4 is 0 Å². The molecule has 1 heterocycles. The first-order chi connectivity index (χ1) is 7.29. The zero-order chi connectivity index (χ0) is 10.7. The van der Waals surface area contributed by atoms with Crippen LogP contribution in [0.15, 0.2) is 39.3 Å². The topological polar surface area (TPSA) is 38.9 Å². The second-order valence-electron chi connectivity index (χ2n) is 2.96. The van der Waals surface area contributed by atoms with Gasteiger partial charge in [0, 0.05) is 10.0 Å². The average Bonchev–Trinajstić information content (AvgIpc) is 2.68. The molecule has 0 saturated heterocycles. The van der Waals surface area contributed by atoms with Crippen molar-refractivity contribution in [1.29, 1.82) is 0 Å². The molecule has 0 amide bonds. The maximum atomic E-state index is 5.03. The molecule has 0 aliphatic carbocycles. The Morgan fingerprint density at radius 3 is 2.67 bits per heavy atom. The molecular formula is C11H9BrN2O. The number of halogens is 1. The lowest BCUT2D eigenvalue weighted by Gasteiger charge is -1.92. The lowest BCUT2D eigenvalue weighted by Crippen LogP contribution is -1.79. The van der Waals surface area contributed by atoms with E-state index in [1.165, 1.54) is 0 Å². The Balaban J connectivity index is 2.33. The summed E-state index contributed by atoms with van der Waals surface area (Å²) in [6, 6.07) is 7.77. The summed E-state index contributed by atoms with van der Waals surface area (Å²) >= 11 is 3.37. The van der Waals surface area contributed by atoms with Gasteiger partial charge in [0.1, 0.15) is 0 Å². The van der Waals surface area contributed by atoms with E-state index in [2.05, 4.69) is 26.1 Å². The van der Waals surface area contributed by atoms with Crippen molar-refractivity contribution < 1.29 is 4.52 Å². The lowest BCUT2D eigenvalue weighted by molar-refractivity contribution is 0.411. The van der Waals surface area contributed by atoms with Gasteiger partial charge in [-0.3, -0.25) is 0 Å². The molecule has 1 aromatic carbocycles. The summed E-state index contributed by atoms with van der Waals surface area (Å²) in [5, 5.41) is 3.88. The van der Waals surface area contributed by atoms with Crippen LogP contribution in [-0.2, 0) is 0 Å². The van der Waals surface area contributed by atoms with Crippen LogP contribution in [0, 0.1) is 0 Å². The molecule has 2 rings (SSSR count). The van der Waals surface area contributed by atoms with Crippen LogP contribution in [0.1, 0.15) is 12.8 Å². The molecule has 0 radical (unpaired) electrons. The maximum absolute atomic E-state index is 5.03. The Morgan fingerprint density at radius 2 is 2.00 bits per heavy atom. The van der Waals surface area contributed by atoms with Gasteiger partial charge in [-0.1, -0.05) is 27.2 Å². The van der Waals surface area contributed by atoms with Crippen LogP contribution in [0.4, 0.5) is 0 Å². The van der Waals surface area contributed by atoms with E-state index in [1.54, 1.807) is 6.08 Å². The fraction of sp³-hybridized carbons (Fsp3) is 0.0909. The summed E-state index contributed by atoms with van der Waals surface area (Å²) in [6.07, 6.45) is 3.63. The monoisotopic (exact) mass is 264 g/mol. The van der Waals surface area contributed by atoms with Crippen molar-refractivity contribution in [3.8, 4) is 11.4 Å². The minimum atomic E-state index is 0.524. The van der Waals surface area contributed by atoms with Crippen LogP contribution in [0.2, 0.25) is 0 Å². The van der Waals surface area contributed by atoms with Gasteiger partial charge in [-0.25, -0.2) is 0 Å². The molecule has 0 aliphatic heterocycles. The van der Waals surface area contributed by atoms with Crippen molar-refractivity contribution in [3.63, 3.8) is 0 Å². The quantitative estimate of drug-likeness (QED) is 0.833. The first-order valence-corrected chi connectivity index (χ1v) is 5.31. The molecule has 0 atom stereocenters. The molecule has 0 fully saturated rings. The van der Waals surface area contributed by atoms with E-state index in [0.29, 0.717) is 11.7 Å². The fourth-order valence-corrected chi connectivity index (χ4v) is 1.43. The Bertz CT molecular complexity index is 474. The highest BCUT2D eigenvalue weighted by Crippen LogP contribution is 2.19. The zero-order valence-corrected chi connectivity index (χ0v) is 9.73. The minimum Gasteiger partial charge on any atom is -0.334 e. The summed E-state index contributed by atoms with van der Waals surface area (Å²) in [6.45, 7) is 1.91. The predicted octanol–water partition coefficient (Wildman–Crippen LogP) is 3.53. The van der Waals surface area contributed by atoms with E-state index in [1.807, 2.05) is 37.3 Å². The minimum absolute atomic E-state index is 0.524. The Labute approximate surface area is 95.9 Å². The standard InChI is InChI=1S/C11H9BrN2O/c1-2-3-10-13-11(14-15-10)8-4-6-9(12)7-5-8/h2-7H,1H3/b3-2+. The number of allylic oxidation sites excluding steroid dienone is 1. The molecule has 0 unspecified atom stereocenters. The summed E-state index contributed by atoms with van der Waals surface area (Å²) in [5.74, 6) is 1.13. The Morgan fingerprint density at radius 1 is 1.27 bits per heavy atom. The van der Waals surface area contributed by atoms with Crippen LogP contribution in [0.25, 0.3) is 17.5 Å². The summed E-state index contributed by atoms with van der Waals surface area (Å²) in [4.78, 5) is 4.22. The molecule has 0 saturated carbocycles. The zero-order valence-electron chi connectivity index (χ0n) is 8.14. The fourth-order valence-electron chi connectivity index (χ4n) is 1.16. The van der Waals surface area contributed by atoms with Gasteiger partial charge >= 0.3 is 0 Å². The second kappa shape index (κ2) is 4.40. The van der Waals surface area contributed by atoms with E-state index in [-0.39, 0.29) is 0 Å². The normalized spacial score (nSPS) is 11.1. The Kier molecular flexibility index (Phi) is 2.97. The lowest BCUT2D eigenvalue weighted by atomic mass is 10.2. The van der Waals surface area contributed by atoms with Gasteiger partial charge in [0.25, 0.3) is 5.89 Å². The van der Waals surface area contributed by atoms with Crippen molar-refractivity contribution in [3.05, 3.63) is 40.7 Å². The maximum Gasteiger partial charge on any atom is 0.250 e. The van der Waals surface area contributed by atoms with Crippen LogP contribution in [-0.4, -0.2) is 10.1 Å². The number of hydrogen-bond donors (Lipinski definition) is 0. The number of benzene rings is 1. The molecule has 1 aromatic heterocycles. The first kappa shape index (κ1) is 10.1. The van der Waals surface area contributed by atoms with Crippen molar-refractivity contribution in [1.82, 2.24) is 10.1 Å². The molecule has 0 spiro atoms. The van der Waals surface area contributed by atoms with Crippen molar-refractivity contribution in [2.75, 3.05) is 0 Å². The summed E-state index contributed by atoms with van der Waals surface area (Å²) < 4.78 is 6.06. The smallest absolute Gasteiger partial charge is 0.250 e. The third kappa shape index (κ3) is 2.33. The second-order valence-corrected chi connectivity index (χ2v) is 3.88. The Hall–Kier alpha value is -1.42. The van der Waals surface area contributed by atoms with Gasteiger partial charge in [0.15, 0.2) is 0 Å². The molecular weight excluding hydrogens is 256 g/mol. The number of rotatable bonds is 2. The molecule has 15 heavy (non-hydrogen) atoms. The van der Waals surface area contributed by atoms with Gasteiger partial charge in [-0.05, 0) is 37.3 Å². The van der Waals surface area contributed by atoms with E-state index in [4.69, 9.17) is 4.52 Å². The van der Waals surface area contributed by atoms with Crippen LogP contribution in [0.5, 0.6) is 0 Å². The average molecular weight is 265 g/mol. The van der Waals surface area contributed by atoms with Gasteiger partial charge in [-0.2, -0.15) is 4.98 Å². The highest BCUT2D eigenvalue weighted by atomic mass is 79.9. The van der Waals surface area contributed by atoms with Crippen molar-refractivity contribution in [2.24, 2.45) is 0 Å². The van der Waals surface area contributed by atoms with Crippen LogP contribution >= 0.6 is 15.9 Å². The van der Waals surface area contributed by atoms with Gasteiger partial charge in [0.05, 0.1) is 0 Å². The number of hydrogen-bond acceptors (Lipinski definition) is 3.